The van der Waals surface area contributed by atoms with Crippen molar-refractivity contribution in [2.45, 2.75) is 32.4 Å². The van der Waals surface area contributed by atoms with Crippen LogP contribution in [0.3, 0.4) is 0 Å². The fraction of sp³-hybridized carbons (Fsp3) is 0.217. The Morgan fingerprint density at radius 2 is 1.87 bits per heavy atom. The maximum atomic E-state index is 12.9. The lowest BCUT2D eigenvalue weighted by atomic mass is 10.0. The third kappa shape index (κ3) is 2.99. The normalized spacial score (nSPS) is 18.5. The van der Waals surface area contributed by atoms with Crippen LogP contribution in [0.5, 0.6) is 0 Å². The molecule has 2 aliphatic heterocycles. The van der Waals surface area contributed by atoms with Crippen molar-refractivity contribution in [3.63, 3.8) is 0 Å². The first-order valence-corrected chi connectivity index (χ1v) is 9.82. The lowest BCUT2D eigenvalue weighted by molar-refractivity contribution is -0.136. The predicted octanol–water partition coefficient (Wildman–Crippen LogP) is 3.08. The van der Waals surface area contributed by atoms with Crippen molar-refractivity contribution >= 4 is 17.7 Å². The number of amides is 3. The highest BCUT2D eigenvalue weighted by Crippen LogP contribution is 2.35. The summed E-state index contributed by atoms with van der Waals surface area (Å²) in [6.45, 7) is 2.13. The van der Waals surface area contributed by atoms with Crippen molar-refractivity contribution in [3.8, 4) is 22.6 Å². The van der Waals surface area contributed by atoms with Crippen molar-refractivity contribution in [2.75, 3.05) is 0 Å². The van der Waals surface area contributed by atoms with Crippen LogP contribution in [0.25, 0.3) is 22.6 Å². The molecule has 1 N–H and O–H groups in total. The van der Waals surface area contributed by atoms with E-state index >= 15 is 0 Å². The Balaban J connectivity index is 1.49. The molecule has 3 aromatic rings. The van der Waals surface area contributed by atoms with Gasteiger partial charge in [0.2, 0.25) is 11.8 Å². The zero-order valence-corrected chi connectivity index (χ0v) is 16.3. The van der Waals surface area contributed by atoms with Gasteiger partial charge in [0, 0.05) is 36.6 Å². The Morgan fingerprint density at radius 1 is 1.07 bits per heavy atom. The molecule has 1 aromatic heterocycles. The number of benzene rings is 2. The fourth-order valence-electron chi connectivity index (χ4n) is 4.13. The van der Waals surface area contributed by atoms with Gasteiger partial charge < -0.3 is 9.32 Å². The van der Waals surface area contributed by atoms with Crippen LogP contribution in [0.2, 0.25) is 0 Å². The second-order valence-corrected chi connectivity index (χ2v) is 7.55. The van der Waals surface area contributed by atoms with Crippen molar-refractivity contribution in [1.82, 2.24) is 15.2 Å². The van der Waals surface area contributed by atoms with E-state index in [1.54, 1.807) is 17.9 Å². The van der Waals surface area contributed by atoms with E-state index in [4.69, 9.17) is 4.42 Å². The number of nitrogens with one attached hydrogen (secondary N) is 1. The first kappa shape index (κ1) is 18.3. The Bertz CT molecular complexity index is 1180. The van der Waals surface area contributed by atoms with E-state index in [1.807, 2.05) is 42.5 Å². The van der Waals surface area contributed by atoms with Crippen molar-refractivity contribution in [2.24, 2.45) is 0 Å². The Morgan fingerprint density at radius 3 is 2.63 bits per heavy atom. The molecule has 3 amide bonds. The number of aromatic nitrogens is 1. The summed E-state index contributed by atoms with van der Waals surface area (Å²) in [5, 5.41) is 2.33. The second-order valence-electron chi connectivity index (χ2n) is 7.55. The smallest absolute Gasteiger partial charge is 0.255 e. The Labute approximate surface area is 172 Å². The molecule has 0 radical (unpaired) electrons. The molecule has 150 valence electrons. The van der Waals surface area contributed by atoms with Crippen molar-refractivity contribution < 1.29 is 18.8 Å². The lowest BCUT2D eigenvalue weighted by Gasteiger charge is -2.29. The summed E-state index contributed by atoms with van der Waals surface area (Å²) in [6, 6.07) is 14.7. The Hall–Kier alpha value is -3.74. The number of fused-ring (bicyclic) bond motifs is 1. The number of carbonyl (C=O) groups excluding carboxylic acids is 3. The maximum Gasteiger partial charge on any atom is 0.255 e. The quantitative estimate of drug-likeness (QED) is 0.681. The van der Waals surface area contributed by atoms with Crippen molar-refractivity contribution in [1.29, 1.82) is 0 Å². The monoisotopic (exact) mass is 401 g/mol. The maximum absolute atomic E-state index is 12.9. The minimum atomic E-state index is -0.625. The SMILES string of the molecule is Cc1nc(-c2ccc3c(c2)CN(C2CCC(=O)NC2=O)C3=O)c(-c2ccccc2)o1. The van der Waals surface area contributed by atoms with E-state index in [0.29, 0.717) is 35.9 Å². The molecule has 2 aromatic carbocycles. The molecule has 2 aliphatic rings. The average molecular weight is 401 g/mol. The molecule has 1 saturated heterocycles. The molecule has 0 aliphatic carbocycles. The summed E-state index contributed by atoms with van der Waals surface area (Å²) in [7, 11) is 0. The standard InChI is InChI=1S/C23H19N3O4/c1-13-24-20(21(30-13)14-5-3-2-4-6-14)15-7-8-17-16(11-15)12-26(23(17)29)18-9-10-19(27)25-22(18)28/h2-8,11,18H,9-10,12H2,1H3,(H,25,27,28). The van der Waals surface area contributed by atoms with Crippen LogP contribution in [-0.2, 0) is 16.1 Å². The number of nitrogens with zero attached hydrogens (tertiary/aromatic N) is 2. The summed E-state index contributed by atoms with van der Waals surface area (Å²) in [5.41, 5.74) is 3.90. The van der Waals surface area contributed by atoms with E-state index in [0.717, 1.165) is 16.7 Å². The number of oxazole rings is 1. The van der Waals surface area contributed by atoms with Gasteiger partial charge in [-0.3, -0.25) is 19.7 Å². The van der Waals surface area contributed by atoms with Crippen LogP contribution in [-0.4, -0.2) is 33.6 Å². The molecule has 7 nitrogen and oxygen atoms in total. The molecule has 1 atom stereocenters. The summed E-state index contributed by atoms with van der Waals surface area (Å²) in [6.07, 6.45) is 0.582. The van der Waals surface area contributed by atoms with Gasteiger partial charge >= 0.3 is 0 Å². The highest BCUT2D eigenvalue weighted by molar-refractivity contribution is 6.05. The first-order chi connectivity index (χ1) is 14.5. The molecule has 1 unspecified atom stereocenters. The van der Waals surface area contributed by atoms with E-state index in [-0.39, 0.29) is 18.2 Å². The molecule has 0 spiro atoms. The van der Waals surface area contributed by atoms with E-state index in [9.17, 15) is 14.4 Å². The molecular formula is C23H19N3O4. The topological polar surface area (TPSA) is 92.5 Å². The van der Waals surface area contributed by atoms with Gasteiger partial charge in [0.15, 0.2) is 11.7 Å². The van der Waals surface area contributed by atoms with E-state index in [1.165, 1.54) is 0 Å². The van der Waals surface area contributed by atoms with E-state index < -0.39 is 11.9 Å². The van der Waals surface area contributed by atoms with Gasteiger partial charge in [0.25, 0.3) is 5.91 Å². The second kappa shape index (κ2) is 6.95. The van der Waals surface area contributed by atoms with Crippen molar-refractivity contribution in [3.05, 3.63) is 65.5 Å². The summed E-state index contributed by atoms with van der Waals surface area (Å²) >= 11 is 0. The number of rotatable bonds is 3. The number of imide groups is 1. The van der Waals surface area contributed by atoms with Gasteiger partial charge in [-0.15, -0.1) is 0 Å². The molecule has 30 heavy (non-hydrogen) atoms. The highest BCUT2D eigenvalue weighted by atomic mass is 16.4. The molecule has 7 heteroatoms. The third-order valence-electron chi connectivity index (χ3n) is 5.57. The average Bonchev–Trinajstić information content (AvgIpc) is 3.29. The molecule has 5 rings (SSSR count). The van der Waals surface area contributed by atoms with Crippen LogP contribution < -0.4 is 5.32 Å². The summed E-state index contributed by atoms with van der Waals surface area (Å²) < 4.78 is 5.86. The molecule has 1 fully saturated rings. The third-order valence-corrected chi connectivity index (χ3v) is 5.57. The fourth-order valence-corrected chi connectivity index (χ4v) is 4.13. The highest BCUT2D eigenvalue weighted by Gasteiger charge is 2.39. The summed E-state index contributed by atoms with van der Waals surface area (Å²) in [4.78, 5) is 42.7. The number of hydrogen-bond donors (Lipinski definition) is 1. The Kier molecular flexibility index (Phi) is 4.24. The van der Waals surface area contributed by atoms with Gasteiger partial charge in [-0.2, -0.15) is 0 Å². The van der Waals surface area contributed by atoms with Gasteiger partial charge in [0.1, 0.15) is 11.7 Å². The lowest BCUT2D eigenvalue weighted by Crippen LogP contribution is -2.52. The summed E-state index contributed by atoms with van der Waals surface area (Å²) in [5.74, 6) is 0.347. The number of hydrogen-bond acceptors (Lipinski definition) is 5. The van der Waals surface area contributed by atoms with Crippen LogP contribution >= 0.6 is 0 Å². The van der Waals surface area contributed by atoms with Gasteiger partial charge in [-0.25, -0.2) is 4.98 Å². The molecule has 3 heterocycles. The van der Waals surface area contributed by atoms with Crippen LogP contribution in [0, 0.1) is 6.92 Å². The first-order valence-electron chi connectivity index (χ1n) is 9.82. The predicted molar refractivity (Wildman–Crippen MR) is 108 cm³/mol. The van der Waals surface area contributed by atoms with Gasteiger partial charge in [-0.1, -0.05) is 36.4 Å². The van der Waals surface area contributed by atoms with Crippen LogP contribution in [0.4, 0.5) is 0 Å². The van der Waals surface area contributed by atoms with Crippen LogP contribution in [0.15, 0.2) is 52.9 Å². The number of piperidine rings is 1. The minimum absolute atomic E-state index is 0.189. The molecule has 0 saturated carbocycles. The van der Waals surface area contributed by atoms with Crippen LogP contribution in [0.1, 0.15) is 34.7 Å². The molecule has 0 bridgehead atoms. The van der Waals surface area contributed by atoms with Gasteiger partial charge in [-0.05, 0) is 24.1 Å². The van der Waals surface area contributed by atoms with Gasteiger partial charge in [0.05, 0.1) is 0 Å². The zero-order valence-electron chi connectivity index (χ0n) is 16.3. The number of aryl methyl sites for hydroxylation is 1. The largest absolute Gasteiger partial charge is 0.440 e. The zero-order chi connectivity index (χ0) is 20.8. The molecular weight excluding hydrogens is 382 g/mol. The minimum Gasteiger partial charge on any atom is -0.440 e. The number of carbonyl (C=O) groups is 3. The van der Waals surface area contributed by atoms with E-state index in [2.05, 4.69) is 10.3 Å².